The van der Waals surface area contributed by atoms with Gasteiger partial charge in [0.15, 0.2) is 23.8 Å². The van der Waals surface area contributed by atoms with Crippen LogP contribution in [0.15, 0.2) is 30.3 Å². The topological polar surface area (TPSA) is 21.5 Å². The molecular formula is C32H46Cl2NO2+. The Morgan fingerprint density at radius 2 is 1.54 bits per heavy atom. The van der Waals surface area contributed by atoms with Crippen LogP contribution in [0.5, 0.6) is 11.5 Å². The molecule has 0 bridgehead atoms. The van der Waals surface area contributed by atoms with Crippen LogP contribution in [0.25, 0.3) is 0 Å². The van der Waals surface area contributed by atoms with E-state index in [4.69, 9.17) is 32.7 Å². The highest BCUT2D eigenvalue weighted by Gasteiger charge is 2.30. The van der Waals surface area contributed by atoms with E-state index in [9.17, 15) is 0 Å². The molecule has 0 amide bonds. The number of unbranched alkanes of at least 4 members (excludes halogenated alkanes) is 9. The average Bonchev–Trinajstić information content (AvgIpc) is 2.90. The summed E-state index contributed by atoms with van der Waals surface area (Å²) in [5.74, 6) is 1.79. The molecule has 37 heavy (non-hydrogen) atoms. The van der Waals surface area contributed by atoms with Crippen LogP contribution >= 0.6 is 23.2 Å². The molecule has 0 radical (unpaired) electrons. The van der Waals surface area contributed by atoms with Crippen molar-refractivity contribution in [2.45, 2.75) is 104 Å². The summed E-state index contributed by atoms with van der Waals surface area (Å²) in [6, 6.07) is 10.1. The molecule has 3 nitrogen and oxygen atoms in total. The number of benzene rings is 2. The molecule has 0 fully saturated rings. The largest absolute Gasteiger partial charge is 0.493 e. The Hall–Kier alpha value is -1.71. The molecule has 1 aliphatic heterocycles. The van der Waals surface area contributed by atoms with Crippen molar-refractivity contribution in [3.05, 3.63) is 57.1 Å². The Balaban J connectivity index is 1.84. The lowest BCUT2D eigenvalue weighted by molar-refractivity contribution is -0.545. The quantitative estimate of drug-likeness (QED) is 0.145. The molecule has 0 atom stereocenters. The van der Waals surface area contributed by atoms with E-state index in [1.807, 2.05) is 18.2 Å². The lowest BCUT2D eigenvalue weighted by atomic mass is 9.92. The van der Waals surface area contributed by atoms with Gasteiger partial charge in [0.1, 0.15) is 6.54 Å². The van der Waals surface area contributed by atoms with Crippen molar-refractivity contribution in [1.29, 1.82) is 0 Å². The maximum absolute atomic E-state index is 6.57. The van der Waals surface area contributed by atoms with Gasteiger partial charge in [-0.15, -0.1) is 0 Å². The highest BCUT2D eigenvalue weighted by Crippen LogP contribution is 2.37. The molecule has 0 aliphatic carbocycles. The SMILES string of the molecule is CCCCCCCCOc1c(OC)ccc2c1CC[N+](Cc1cc(Cl)ccc1Cl)=C2CCCCCCC. The fourth-order valence-electron chi connectivity index (χ4n) is 5.29. The molecular weight excluding hydrogens is 501 g/mol. The second-order valence-electron chi connectivity index (χ2n) is 10.3. The van der Waals surface area contributed by atoms with Gasteiger partial charge in [0, 0.05) is 34.6 Å². The first-order valence-electron chi connectivity index (χ1n) is 14.5. The number of nitrogens with zero attached hydrogens (tertiary/aromatic N) is 1. The van der Waals surface area contributed by atoms with E-state index in [1.54, 1.807) is 7.11 Å². The van der Waals surface area contributed by atoms with Gasteiger partial charge in [-0.05, 0) is 43.2 Å². The minimum atomic E-state index is 0.730. The molecule has 0 spiro atoms. The molecule has 204 valence electrons. The van der Waals surface area contributed by atoms with E-state index in [1.165, 1.54) is 81.0 Å². The molecule has 1 heterocycles. The Kier molecular flexibility index (Phi) is 13.1. The maximum Gasteiger partial charge on any atom is 0.184 e. The zero-order valence-electron chi connectivity index (χ0n) is 23.2. The van der Waals surface area contributed by atoms with Crippen molar-refractivity contribution < 1.29 is 14.0 Å². The van der Waals surface area contributed by atoms with Crippen molar-refractivity contribution in [1.82, 2.24) is 0 Å². The minimum Gasteiger partial charge on any atom is -0.493 e. The number of methoxy groups -OCH3 is 1. The maximum atomic E-state index is 6.57. The van der Waals surface area contributed by atoms with Crippen molar-refractivity contribution in [2.24, 2.45) is 0 Å². The minimum absolute atomic E-state index is 0.730. The molecule has 2 aromatic rings. The number of ether oxygens (including phenoxy) is 2. The van der Waals surface area contributed by atoms with E-state index < -0.39 is 0 Å². The molecule has 2 aromatic carbocycles. The van der Waals surface area contributed by atoms with Crippen molar-refractivity contribution in [2.75, 3.05) is 20.3 Å². The lowest BCUT2D eigenvalue weighted by Gasteiger charge is -2.23. The van der Waals surface area contributed by atoms with Crippen LogP contribution in [-0.4, -0.2) is 30.5 Å². The summed E-state index contributed by atoms with van der Waals surface area (Å²) < 4.78 is 14.7. The predicted molar refractivity (Wildman–Crippen MR) is 158 cm³/mol. The Bertz CT molecular complexity index is 1020. The number of hydrogen-bond acceptors (Lipinski definition) is 2. The summed E-state index contributed by atoms with van der Waals surface area (Å²) in [4.78, 5) is 0. The fraction of sp³-hybridized carbons (Fsp3) is 0.594. The standard InChI is InChI=1S/C32H46Cl2NO2/c1-4-6-8-10-12-14-22-37-32-28-20-21-35(24-25-23-26(33)16-18-29(25)34)30(15-13-11-9-7-5-2)27(28)17-19-31(32)36-3/h16-19,23H,4-15,20-22,24H2,1-3H3/q+1. The Morgan fingerprint density at radius 3 is 2.27 bits per heavy atom. The third kappa shape index (κ3) is 8.93. The predicted octanol–water partition coefficient (Wildman–Crippen LogP) is 9.66. The monoisotopic (exact) mass is 546 g/mol. The smallest absolute Gasteiger partial charge is 0.184 e. The van der Waals surface area contributed by atoms with Crippen LogP contribution in [0.1, 0.15) is 108 Å². The van der Waals surface area contributed by atoms with Gasteiger partial charge in [-0.3, -0.25) is 0 Å². The van der Waals surface area contributed by atoms with E-state index in [-0.39, 0.29) is 0 Å². The molecule has 1 aliphatic rings. The zero-order chi connectivity index (χ0) is 26.5. The van der Waals surface area contributed by atoms with Crippen LogP contribution in [0, 0.1) is 0 Å². The van der Waals surface area contributed by atoms with Gasteiger partial charge in [0.05, 0.1) is 18.7 Å². The molecule has 0 N–H and O–H groups in total. The van der Waals surface area contributed by atoms with Gasteiger partial charge in [0.2, 0.25) is 0 Å². The molecule has 0 unspecified atom stereocenters. The third-order valence-electron chi connectivity index (χ3n) is 7.40. The number of rotatable bonds is 17. The van der Waals surface area contributed by atoms with Gasteiger partial charge < -0.3 is 9.47 Å². The summed E-state index contributed by atoms with van der Waals surface area (Å²) in [5, 5.41) is 1.50. The Morgan fingerprint density at radius 1 is 0.838 bits per heavy atom. The summed E-state index contributed by atoms with van der Waals surface area (Å²) in [7, 11) is 1.74. The van der Waals surface area contributed by atoms with Crippen LogP contribution in [0.3, 0.4) is 0 Å². The fourth-order valence-corrected chi connectivity index (χ4v) is 5.66. The highest BCUT2D eigenvalue weighted by molar-refractivity contribution is 6.33. The Labute approximate surface area is 235 Å². The molecule has 5 heteroatoms. The summed E-state index contributed by atoms with van der Waals surface area (Å²) in [5.41, 5.74) is 5.07. The van der Waals surface area contributed by atoms with E-state index in [0.717, 1.165) is 66.1 Å². The lowest BCUT2D eigenvalue weighted by Crippen LogP contribution is -2.30. The van der Waals surface area contributed by atoms with E-state index in [2.05, 4.69) is 30.6 Å². The van der Waals surface area contributed by atoms with Crippen molar-refractivity contribution in [3.63, 3.8) is 0 Å². The van der Waals surface area contributed by atoms with Crippen LogP contribution in [-0.2, 0) is 13.0 Å². The third-order valence-corrected chi connectivity index (χ3v) is 8.00. The molecule has 3 rings (SSSR count). The van der Waals surface area contributed by atoms with Crippen LogP contribution < -0.4 is 9.47 Å². The zero-order valence-corrected chi connectivity index (χ0v) is 24.7. The summed E-state index contributed by atoms with van der Waals surface area (Å²) >= 11 is 12.9. The second-order valence-corrected chi connectivity index (χ2v) is 11.1. The summed E-state index contributed by atoms with van der Waals surface area (Å²) in [6.07, 6.45) is 15.8. The number of fused-ring (bicyclic) bond motifs is 1. The van der Waals surface area contributed by atoms with Gasteiger partial charge in [-0.1, -0.05) is 94.8 Å². The number of hydrogen-bond donors (Lipinski definition) is 0. The van der Waals surface area contributed by atoms with Crippen molar-refractivity contribution in [3.8, 4) is 11.5 Å². The van der Waals surface area contributed by atoms with Crippen molar-refractivity contribution >= 4 is 28.9 Å². The van der Waals surface area contributed by atoms with Gasteiger partial charge >= 0.3 is 0 Å². The van der Waals surface area contributed by atoms with E-state index >= 15 is 0 Å². The van der Waals surface area contributed by atoms with Gasteiger partial charge in [-0.2, -0.15) is 0 Å². The first kappa shape index (κ1) is 29.8. The second kappa shape index (κ2) is 16.3. The molecule has 0 saturated heterocycles. The number of halogens is 2. The van der Waals surface area contributed by atoms with Gasteiger partial charge in [0.25, 0.3) is 0 Å². The first-order chi connectivity index (χ1) is 18.1. The van der Waals surface area contributed by atoms with Crippen LogP contribution in [0.2, 0.25) is 10.0 Å². The van der Waals surface area contributed by atoms with E-state index in [0.29, 0.717) is 0 Å². The average molecular weight is 548 g/mol. The summed E-state index contributed by atoms with van der Waals surface area (Å²) in [6.45, 7) is 6.97. The first-order valence-corrected chi connectivity index (χ1v) is 15.2. The van der Waals surface area contributed by atoms with Gasteiger partial charge in [-0.25, -0.2) is 4.58 Å². The normalized spacial score (nSPS) is 13.1. The van der Waals surface area contributed by atoms with Crippen LogP contribution in [0.4, 0.5) is 0 Å². The molecule has 0 saturated carbocycles. The highest BCUT2D eigenvalue weighted by atomic mass is 35.5. The molecule has 0 aromatic heterocycles.